The first-order valence-electron chi connectivity index (χ1n) is 7.74. The molecule has 2 aromatic rings. The minimum Gasteiger partial charge on any atom is -0.395 e. The number of rotatable bonds is 5. The fourth-order valence-electron chi connectivity index (χ4n) is 2.63. The number of piperazine rings is 1. The Kier molecular flexibility index (Phi) is 5.29. The minimum atomic E-state index is 0.178. The molecule has 2 aromatic heterocycles. The first-order chi connectivity index (χ1) is 11.7. The highest BCUT2D eigenvalue weighted by atomic mass is 35.5. The third-order valence-electron chi connectivity index (χ3n) is 3.92. The summed E-state index contributed by atoms with van der Waals surface area (Å²) in [7, 11) is 0. The van der Waals surface area contributed by atoms with Crippen molar-refractivity contribution in [3.05, 3.63) is 29.7 Å². The molecule has 4 N–H and O–H groups in total. The van der Waals surface area contributed by atoms with Crippen LogP contribution in [0.4, 0.5) is 23.1 Å². The Labute approximate surface area is 145 Å². The number of nitrogens with one attached hydrogen (secondary N) is 1. The Bertz CT molecular complexity index is 674. The number of nitrogens with two attached hydrogens (primary N) is 1. The van der Waals surface area contributed by atoms with Crippen molar-refractivity contribution >= 4 is 34.7 Å². The molecule has 3 rings (SSSR count). The minimum absolute atomic E-state index is 0.178. The SMILES string of the molecule is Nc1c(Nc2ccc(Cl)cn2)ncnc1N1CCN(CCO)CC1. The highest BCUT2D eigenvalue weighted by Gasteiger charge is 2.21. The average Bonchev–Trinajstić information content (AvgIpc) is 2.60. The lowest BCUT2D eigenvalue weighted by Crippen LogP contribution is -2.47. The lowest BCUT2D eigenvalue weighted by Gasteiger charge is -2.35. The van der Waals surface area contributed by atoms with Gasteiger partial charge in [0, 0.05) is 38.9 Å². The van der Waals surface area contributed by atoms with Gasteiger partial charge in [0.25, 0.3) is 0 Å². The maximum absolute atomic E-state index is 9.02. The monoisotopic (exact) mass is 349 g/mol. The van der Waals surface area contributed by atoms with Crippen LogP contribution in [0.1, 0.15) is 0 Å². The van der Waals surface area contributed by atoms with Crippen molar-refractivity contribution in [3.8, 4) is 0 Å². The molecule has 1 aliphatic rings. The first kappa shape index (κ1) is 16.7. The van der Waals surface area contributed by atoms with Crippen LogP contribution in [0.5, 0.6) is 0 Å². The molecule has 24 heavy (non-hydrogen) atoms. The molecule has 9 heteroatoms. The summed E-state index contributed by atoms with van der Waals surface area (Å²) in [5.74, 6) is 1.85. The van der Waals surface area contributed by atoms with Gasteiger partial charge in [-0.15, -0.1) is 0 Å². The largest absolute Gasteiger partial charge is 0.395 e. The van der Waals surface area contributed by atoms with Gasteiger partial charge >= 0.3 is 0 Å². The van der Waals surface area contributed by atoms with Crippen LogP contribution < -0.4 is 16.0 Å². The number of hydrogen-bond acceptors (Lipinski definition) is 8. The van der Waals surface area contributed by atoms with Crippen LogP contribution in [0.15, 0.2) is 24.7 Å². The summed E-state index contributed by atoms with van der Waals surface area (Å²) < 4.78 is 0. The van der Waals surface area contributed by atoms with Gasteiger partial charge in [-0.2, -0.15) is 0 Å². The van der Waals surface area contributed by atoms with Crippen LogP contribution in [-0.4, -0.2) is 64.3 Å². The quantitative estimate of drug-likeness (QED) is 0.733. The molecule has 0 aliphatic carbocycles. The topological polar surface area (TPSA) is 103 Å². The summed E-state index contributed by atoms with van der Waals surface area (Å²) >= 11 is 5.84. The third-order valence-corrected chi connectivity index (χ3v) is 4.15. The molecule has 128 valence electrons. The second kappa shape index (κ2) is 7.61. The summed E-state index contributed by atoms with van der Waals surface area (Å²) in [6.45, 7) is 4.22. The van der Waals surface area contributed by atoms with E-state index >= 15 is 0 Å². The zero-order valence-electron chi connectivity index (χ0n) is 13.2. The highest BCUT2D eigenvalue weighted by Crippen LogP contribution is 2.28. The smallest absolute Gasteiger partial charge is 0.160 e. The zero-order valence-corrected chi connectivity index (χ0v) is 13.9. The number of halogens is 1. The van der Waals surface area contributed by atoms with Gasteiger partial charge in [-0.1, -0.05) is 11.6 Å². The number of aliphatic hydroxyl groups is 1. The Morgan fingerprint density at radius 3 is 2.62 bits per heavy atom. The van der Waals surface area contributed by atoms with Crippen LogP contribution in [0.2, 0.25) is 5.02 Å². The van der Waals surface area contributed by atoms with Crippen molar-refractivity contribution in [2.24, 2.45) is 0 Å². The van der Waals surface area contributed by atoms with E-state index in [-0.39, 0.29) is 6.61 Å². The molecule has 0 atom stereocenters. The van der Waals surface area contributed by atoms with Crippen molar-refractivity contribution in [1.29, 1.82) is 0 Å². The average molecular weight is 350 g/mol. The van der Waals surface area contributed by atoms with E-state index in [1.165, 1.54) is 6.33 Å². The van der Waals surface area contributed by atoms with E-state index in [9.17, 15) is 0 Å². The Morgan fingerprint density at radius 1 is 1.17 bits per heavy atom. The number of nitrogens with zero attached hydrogens (tertiary/aromatic N) is 5. The van der Waals surface area contributed by atoms with E-state index in [0.717, 1.165) is 26.2 Å². The fraction of sp³-hybridized carbons (Fsp3) is 0.400. The molecule has 1 aliphatic heterocycles. The maximum atomic E-state index is 9.02. The second-order valence-electron chi connectivity index (χ2n) is 5.50. The summed E-state index contributed by atoms with van der Waals surface area (Å²) in [6.07, 6.45) is 3.05. The van der Waals surface area contributed by atoms with Gasteiger partial charge in [-0.05, 0) is 12.1 Å². The molecule has 0 amide bonds. The summed E-state index contributed by atoms with van der Waals surface area (Å²) in [6, 6.07) is 3.51. The number of β-amino-alcohol motifs (C(OH)–C–C–N with tert-alkyl or cyclic N) is 1. The maximum Gasteiger partial charge on any atom is 0.160 e. The molecule has 0 aromatic carbocycles. The number of hydrogen-bond donors (Lipinski definition) is 3. The number of anilines is 4. The molecule has 8 nitrogen and oxygen atoms in total. The molecular formula is C15H20ClN7O. The Morgan fingerprint density at radius 2 is 1.96 bits per heavy atom. The first-order valence-corrected chi connectivity index (χ1v) is 8.12. The second-order valence-corrected chi connectivity index (χ2v) is 5.93. The van der Waals surface area contributed by atoms with Crippen molar-refractivity contribution in [2.75, 3.05) is 55.3 Å². The zero-order chi connectivity index (χ0) is 16.9. The van der Waals surface area contributed by atoms with Gasteiger partial charge in [0.2, 0.25) is 0 Å². The van der Waals surface area contributed by atoms with Gasteiger partial charge in [-0.25, -0.2) is 15.0 Å². The third kappa shape index (κ3) is 3.84. The molecule has 3 heterocycles. The van der Waals surface area contributed by atoms with Crippen LogP contribution >= 0.6 is 11.6 Å². The highest BCUT2D eigenvalue weighted by molar-refractivity contribution is 6.30. The van der Waals surface area contributed by atoms with Crippen LogP contribution in [-0.2, 0) is 0 Å². The summed E-state index contributed by atoms with van der Waals surface area (Å²) in [4.78, 5) is 17.1. The molecule has 1 fully saturated rings. The van der Waals surface area contributed by atoms with E-state index < -0.39 is 0 Å². The Hall–Kier alpha value is -2.16. The number of pyridine rings is 1. The van der Waals surface area contributed by atoms with E-state index in [1.54, 1.807) is 18.3 Å². The number of aliphatic hydroxyl groups excluding tert-OH is 1. The van der Waals surface area contributed by atoms with E-state index in [1.807, 2.05) is 0 Å². The van der Waals surface area contributed by atoms with Gasteiger partial charge < -0.3 is 21.1 Å². The molecule has 0 unspecified atom stereocenters. The predicted octanol–water partition coefficient (Wildman–Crippen LogP) is 0.965. The van der Waals surface area contributed by atoms with Gasteiger partial charge in [0.1, 0.15) is 17.8 Å². The van der Waals surface area contributed by atoms with E-state index in [4.69, 9.17) is 22.4 Å². The number of aromatic nitrogens is 3. The van der Waals surface area contributed by atoms with Crippen molar-refractivity contribution in [3.63, 3.8) is 0 Å². The van der Waals surface area contributed by atoms with Crippen LogP contribution in [0.3, 0.4) is 0 Å². The molecule has 1 saturated heterocycles. The van der Waals surface area contributed by atoms with Crippen molar-refractivity contribution in [1.82, 2.24) is 19.9 Å². The normalized spacial score (nSPS) is 15.5. The fourth-order valence-corrected chi connectivity index (χ4v) is 2.75. The van der Waals surface area contributed by atoms with Crippen molar-refractivity contribution < 1.29 is 5.11 Å². The summed E-state index contributed by atoms with van der Waals surface area (Å²) in [5.41, 5.74) is 6.74. The molecule has 0 bridgehead atoms. The van der Waals surface area contributed by atoms with Crippen LogP contribution in [0.25, 0.3) is 0 Å². The molecule has 0 radical (unpaired) electrons. The van der Waals surface area contributed by atoms with Gasteiger partial charge in [0.15, 0.2) is 11.6 Å². The number of nitrogen functional groups attached to an aromatic ring is 1. The van der Waals surface area contributed by atoms with Gasteiger partial charge in [-0.3, -0.25) is 4.90 Å². The van der Waals surface area contributed by atoms with Gasteiger partial charge in [0.05, 0.1) is 11.6 Å². The standard InChI is InChI=1S/C15H20ClN7O/c16-11-1-2-12(18-9-11)21-14-13(17)15(20-10-19-14)23-5-3-22(4-6-23)7-8-24/h1-2,9-10,24H,3-8,17H2,(H,18,19,20,21). The van der Waals surface area contributed by atoms with Crippen LogP contribution in [0, 0.1) is 0 Å². The Balaban J connectivity index is 1.73. The summed E-state index contributed by atoms with van der Waals surface area (Å²) in [5, 5.41) is 12.7. The predicted molar refractivity (Wildman–Crippen MR) is 94.7 cm³/mol. The molecular weight excluding hydrogens is 330 g/mol. The lowest BCUT2D eigenvalue weighted by molar-refractivity contribution is 0.188. The van der Waals surface area contributed by atoms with Crippen molar-refractivity contribution in [2.45, 2.75) is 0 Å². The van der Waals surface area contributed by atoms with E-state index in [0.29, 0.717) is 34.7 Å². The molecule has 0 spiro atoms. The lowest BCUT2D eigenvalue weighted by atomic mass is 10.3. The molecule has 0 saturated carbocycles. The van der Waals surface area contributed by atoms with E-state index in [2.05, 4.69) is 30.1 Å².